The van der Waals surface area contributed by atoms with Gasteiger partial charge in [-0.2, -0.15) is 0 Å². The number of carbonyl (C=O) groups excluding carboxylic acids is 2. The largest absolute Gasteiger partial charge is 0.353 e. The van der Waals surface area contributed by atoms with Crippen LogP contribution in [0.2, 0.25) is 0 Å². The highest BCUT2D eigenvalue weighted by molar-refractivity contribution is 5.79. The normalized spacial score (nSPS) is 17.9. The molecule has 0 aliphatic carbocycles. The second-order valence-corrected chi connectivity index (χ2v) is 5.64. The predicted molar refractivity (Wildman–Crippen MR) is 80.1 cm³/mol. The number of hydrogen-bond acceptors (Lipinski definition) is 3. The third-order valence-electron chi connectivity index (χ3n) is 3.92. The Balaban J connectivity index is 2.37. The zero-order valence-electron chi connectivity index (χ0n) is 12.9. The lowest BCUT2D eigenvalue weighted by molar-refractivity contribution is -0.136. The lowest BCUT2D eigenvalue weighted by Crippen LogP contribution is -2.48. The Bertz CT molecular complexity index is 312. The molecule has 0 aromatic carbocycles. The summed E-state index contributed by atoms with van der Waals surface area (Å²) in [6.45, 7) is 5.97. The smallest absolute Gasteiger partial charge is 0.226 e. The Labute approximate surface area is 122 Å². The van der Waals surface area contributed by atoms with Crippen molar-refractivity contribution < 1.29 is 9.59 Å². The molecular weight excluding hydrogens is 254 g/mol. The second-order valence-electron chi connectivity index (χ2n) is 5.64. The maximum absolute atomic E-state index is 12.3. The molecule has 0 aromatic heterocycles. The van der Waals surface area contributed by atoms with Gasteiger partial charge >= 0.3 is 0 Å². The predicted octanol–water partition coefficient (Wildman–Crippen LogP) is 1.27. The minimum atomic E-state index is -0.0359. The van der Waals surface area contributed by atoms with E-state index in [1.807, 2.05) is 11.8 Å². The van der Waals surface area contributed by atoms with Crippen molar-refractivity contribution in [3.05, 3.63) is 0 Å². The number of hydrogen-bond donors (Lipinski definition) is 2. The molecule has 1 rings (SSSR count). The van der Waals surface area contributed by atoms with Crippen LogP contribution >= 0.6 is 0 Å². The van der Waals surface area contributed by atoms with Crippen molar-refractivity contribution in [2.24, 2.45) is 11.7 Å². The van der Waals surface area contributed by atoms with Crippen LogP contribution in [0.3, 0.4) is 0 Å². The van der Waals surface area contributed by atoms with E-state index >= 15 is 0 Å². The molecule has 1 saturated heterocycles. The first-order valence-electron chi connectivity index (χ1n) is 7.90. The van der Waals surface area contributed by atoms with Crippen LogP contribution in [-0.2, 0) is 9.59 Å². The number of piperidine rings is 1. The minimum absolute atomic E-state index is 0.0359. The number of amides is 2. The zero-order valence-corrected chi connectivity index (χ0v) is 12.9. The number of nitrogens with two attached hydrogens (primary N) is 1. The molecule has 1 atom stereocenters. The van der Waals surface area contributed by atoms with Crippen LogP contribution in [0.15, 0.2) is 0 Å². The van der Waals surface area contributed by atoms with Crippen LogP contribution in [0.25, 0.3) is 0 Å². The molecule has 20 heavy (non-hydrogen) atoms. The average molecular weight is 283 g/mol. The van der Waals surface area contributed by atoms with Crippen molar-refractivity contribution in [3.8, 4) is 0 Å². The van der Waals surface area contributed by atoms with Gasteiger partial charge in [0.1, 0.15) is 0 Å². The molecule has 3 N–H and O–H groups in total. The van der Waals surface area contributed by atoms with Gasteiger partial charge in [0.05, 0.1) is 5.92 Å². The molecule has 1 heterocycles. The number of likely N-dealkylation sites (tertiary alicyclic amines) is 1. The Morgan fingerprint density at radius 2 is 1.90 bits per heavy atom. The van der Waals surface area contributed by atoms with Gasteiger partial charge in [-0.05, 0) is 25.7 Å². The molecule has 5 nitrogen and oxygen atoms in total. The highest BCUT2D eigenvalue weighted by Gasteiger charge is 2.27. The van der Waals surface area contributed by atoms with Crippen molar-refractivity contribution in [1.29, 1.82) is 0 Å². The Kier molecular flexibility index (Phi) is 7.59. The van der Waals surface area contributed by atoms with Crippen molar-refractivity contribution in [2.75, 3.05) is 19.6 Å². The van der Waals surface area contributed by atoms with E-state index in [9.17, 15) is 9.59 Å². The van der Waals surface area contributed by atoms with Gasteiger partial charge in [-0.3, -0.25) is 9.59 Å². The van der Waals surface area contributed by atoms with E-state index in [2.05, 4.69) is 12.2 Å². The summed E-state index contributed by atoms with van der Waals surface area (Å²) in [5, 5.41) is 3.05. The number of carbonyl (C=O) groups is 2. The Hall–Kier alpha value is -1.10. The van der Waals surface area contributed by atoms with Crippen molar-refractivity contribution >= 4 is 11.8 Å². The minimum Gasteiger partial charge on any atom is -0.353 e. The monoisotopic (exact) mass is 283 g/mol. The lowest BCUT2D eigenvalue weighted by atomic mass is 9.99. The van der Waals surface area contributed by atoms with Gasteiger partial charge in [0.15, 0.2) is 0 Å². The maximum atomic E-state index is 12.3. The molecule has 0 spiro atoms. The molecule has 0 radical (unpaired) electrons. The quantitative estimate of drug-likeness (QED) is 0.739. The fourth-order valence-corrected chi connectivity index (χ4v) is 2.72. The maximum Gasteiger partial charge on any atom is 0.226 e. The summed E-state index contributed by atoms with van der Waals surface area (Å²) in [4.78, 5) is 25.8. The highest BCUT2D eigenvalue weighted by atomic mass is 16.2. The third-order valence-corrected chi connectivity index (χ3v) is 3.92. The number of nitrogens with one attached hydrogen (secondary N) is 1. The molecule has 1 unspecified atom stereocenters. The van der Waals surface area contributed by atoms with Crippen LogP contribution < -0.4 is 11.1 Å². The van der Waals surface area contributed by atoms with Crippen LogP contribution in [0.4, 0.5) is 0 Å². The average Bonchev–Trinajstić information content (AvgIpc) is 2.45. The molecule has 5 heteroatoms. The standard InChI is InChI=1S/C15H29N3O2/c1-3-5-12(11-16)15(20)18-9-7-13(8-10-18)17-14(19)6-4-2/h12-13H,3-11,16H2,1-2H3,(H,17,19). The van der Waals surface area contributed by atoms with Crippen molar-refractivity contribution in [2.45, 2.75) is 58.4 Å². The molecular formula is C15H29N3O2. The van der Waals surface area contributed by atoms with E-state index < -0.39 is 0 Å². The van der Waals surface area contributed by atoms with E-state index in [1.54, 1.807) is 0 Å². The van der Waals surface area contributed by atoms with Gasteiger partial charge < -0.3 is 16.0 Å². The zero-order chi connectivity index (χ0) is 15.0. The molecule has 0 saturated carbocycles. The van der Waals surface area contributed by atoms with Gasteiger partial charge in [-0.1, -0.05) is 20.3 Å². The fourth-order valence-electron chi connectivity index (χ4n) is 2.72. The van der Waals surface area contributed by atoms with Crippen LogP contribution in [0, 0.1) is 5.92 Å². The first-order chi connectivity index (χ1) is 9.62. The summed E-state index contributed by atoms with van der Waals surface area (Å²) >= 11 is 0. The molecule has 1 aliphatic rings. The Morgan fingerprint density at radius 1 is 1.25 bits per heavy atom. The summed E-state index contributed by atoms with van der Waals surface area (Å²) in [6, 6.07) is 0.223. The van der Waals surface area contributed by atoms with Gasteiger partial charge in [-0.15, -0.1) is 0 Å². The summed E-state index contributed by atoms with van der Waals surface area (Å²) in [7, 11) is 0. The fraction of sp³-hybridized carbons (Fsp3) is 0.867. The molecule has 1 aliphatic heterocycles. The van der Waals surface area contributed by atoms with Crippen LogP contribution in [0.1, 0.15) is 52.4 Å². The van der Waals surface area contributed by atoms with Crippen LogP contribution in [0.5, 0.6) is 0 Å². The van der Waals surface area contributed by atoms with Gasteiger partial charge in [0.25, 0.3) is 0 Å². The first-order valence-corrected chi connectivity index (χ1v) is 7.90. The molecule has 0 aromatic rings. The van der Waals surface area contributed by atoms with Gasteiger partial charge in [-0.25, -0.2) is 0 Å². The van der Waals surface area contributed by atoms with Crippen LogP contribution in [-0.4, -0.2) is 42.4 Å². The van der Waals surface area contributed by atoms with Crippen molar-refractivity contribution in [3.63, 3.8) is 0 Å². The topological polar surface area (TPSA) is 75.4 Å². The molecule has 2 amide bonds. The molecule has 116 valence electrons. The van der Waals surface area contributed by atoms with Crippen molar-refractivity contribution in [1.82, 2.24) is 10.2 Å². The number of nitrogens with zero attached hydrogens (tertiary/aromatic N) is 1. The first kappa shape index (κ1) is 17.0. The van der Waals surface area contributed by atoms with E-state index in [0.717, 1.165) is 45.2 Å². The summed E-state index contributed by atoms with van der Waals surface area (Å²) in [5.41, 5.74) is 5.69. The summed E-state index contributed by atoms with van der Waals surface area (Å²) in [5.74, 6) is 0.280. The lowest BCUT2D eigenvalue weighted by Gasteiger charge is -2.34. The highest BCUT2D eigenvalue weighted by Crippen LogP contribution is 2.16. The summed E-state index contributed by atoms with van der Waals surface area (Å²) < 4.78 is 0. The second kappa shape index (κ2) is 8.95. The molecule has 1 fully saturated rings. The van der Waals surface area contributed by atoms with E-state index in [1.165, 1.54) is 0 Å². The van der Waals surface area contributed by atoms with Gasteiger partial charge in [0, 0.05) is 32.1 Å². The van der Waals surface area contributed by atoms with E-state index in [0.29, 0.717) is 13.0 Å². The van der Waals surface area contributed by atoms with E-state index in [4.69, 9.17) is 5.73 Å². The SMILES string of the molecule is CCCC(=O)NC1CCN(C(=O)C(CN)CCC)CC1. The molecule has 0 bridgehead atoms. The third kappa shape index (κ3) is 5.12. The summed E-state index contributed by atoms with van der Waals surface area (Å²) in [6.07, 6.45) is 5.01. The Morgan fingerprint density at radius 3 is 2.40 bits per heavy atom. The van der Waals surface area contributed by atoms with E-state index in [-0.39, 0.29) is 23.8 Å². The van der Waals surface area contributed by atoms with Gasteiger partial charge in [0.2, 0.25) is 11.8 Å². The number of rotatable bonds is 7.